The van der Waals surface area contributed by atoms with E-state index in [9.17, 15) is 24.3 Å². The molecule has 1 saturated carbocycles. The van der Waals surface area contributed by atoms with Crippen LogP contribution in [0.3, 0.4) is 0 Å². The summed E-state index contributed by atoms with van der Waals surface area (Å²) in [4.78, 5) is 53.3. The van der Waals surface area contributed by atoms with E-state index in [0.29, 0.717) is 28.8 Å². The summed E-state index contributed by atoms with van der Waals surface area (Å²) in [5.74, 6) is -5.29. The van der Waals surface area contributed by atoms with E-state index in [1.165, 1.54) is 11.9 Å². The molecule has 210 valence electrons. The standard InChI is InChI=1S/C32H28Cl2N2O5/c1-4-7-18-8-6-9-22(26(18)37)25-20-14-15-21-24(23(20)16-31(33)29(40)35(3)30(41)32(25,31)34)28(39)36(27(21)38)19-12-10-17(5-2)11-13-19/h4-6,8-14,21,23-25,37H,1-2,7,15-16H2,3H3/t21-,23+,24-,25+,31+,32-/m0/s1. The highest BCUT2D eigenvalue weighted by Crippen LogP contribution is 2.66. The Morgan fingerprint density at radius 3 is 2.37 bits per heavy atom. The quantitative estimate of drug-likeness (QED) is 0.302. The molecule has 2 aromatic rings. The maximum atomic E-state index is 14.1. The van der Waals surface area contributed by atoms with Crippen molar-refractivity contribution in [2.45, 2.75) is 34.9 Å². The van der Waals surface area contributed by atoms with E-state index in [1.54, 1.807) is 54.6 Å². The summed E-state index contributed by atoms with van der Waals surface area (Å²) >= 11 is 14.4. The third-order valence-corrected chi connectivity index (χ3v) is 10.6. The number of imide groups is 2. The maximum Gasteiger partial charge on any atom is 0.253 e. The minimum absolute atomic E-state index is 0.0762. The number of hydrogen-bond donors (Lipinski definition) is 1. The van der Waals surface area contributed by atoms with Crippen molar-refractivity contribution in [1.29, 1.82) is 0 Å². The van der Waals surface area contributed by atoms with Crippen LogP contribution in [0.5, 0.6) is 5.75 Å². The van der Waals surface area contributed by atoms with Gasteiger partial charge in [-0.1, -0.05) is 60.7 Å². The predicted octanol–water partition coefficient (Wildman–Crippen LogP) is 4.96. The van der Waals surface area contributed by atoms with Gasteiger partial charge in [0, 0.05) is 18.5 Å². The zero-order valence-corrected chi connectivity index (χ0v) is 23.9. The number of allylic oxidation sites excluding steroid dienone is 3. The average molecular weight is 591 g/mol. The fraction of sp³-hybridized carbons (Fsp3) is 0.312. The van der Waals surface area contributed by atoms with Gasteiger partial charge in [-0.25, -0.2) is 0 Å². The predicted molar refractivity (Wildman–Crippen MR) is 157 cm³/mol. The maximum absolute atomic E-state index is 14.1. The van der Waals surface area contributed by atoms with Gasteiger partial charge in [-0.05, 0) is 48.4 Å². The van der Waals surface area contributed by atoms with Gasteiger partial charge in [0.1, 0.15) is 5.75 Å². The zero-order chi connectivity index (χ0) is 29.4. The molecule has 0 radical (unpaired) electrons. The minimum atomic E-state index is -1.95. The lowest BCUT2D eigenvalue weighted by molar-refractivity contribution is -0.138. The van der Waals surface area contributed by atoms with Crippen LogP contribution in [0.4, 0.5) is 5.69 Å². The molecule has 2 aliphatic carbocycles. The Hall–Kier alpha value is -3.68. The Balaban J connectivity index is 1.52. The van der Waals surface area contributed by atoms with Crippen LogP contribution in [-0.4, -0.2) is 50.4 Å². The van der Waals surface area contributed by atoms with Crippen LogP contribution >= 0.6 is 23.2 Å². The molecule has 2 aromatic carbocycles. The Labute approximate surface area is 247 Å². The first-order chi connectivity index (χ1) is 19.5. The summed E-state index contributed by atoms with van der Waals surface area (Å²) in [5.41, 5.74) is 2.83. The summed E-state index contributed by atoms with van der Waals surface area (Å²) in [6, 6.07) is 12.1. The fourth-order valence-corrected chi connectivity index (χ4v) is 8.28. The van der Waals surface area contributed by atoms with Crippen molar-refractivity contribution in [3.63, 3.8) is 0 Å². The number of rotatable bonds is 5. The van der Waals surface area contributed by atoms with E-state index in [4.69, 9.17) is 23.2 Å². The number of likely N-dealkylation sites (tertiary alicyclic amines) is 1. The number of benzene rings is 2. The van der Waals surface area contributed by atoms with Gasteiger partial charge in [-0.15, -0.1) is 29.8 Å². The molecule has 1 N–H and O–H groups in total. The topological polar surface area (TPSA) is 95.0 Å². The lowest BCUT2D eigenvalue weighted by atomic mass is 9.56. The monoisotopic (exact) mass is 590 g/mol. The number of para-hydroxylation sites is 1. The van der Waals surface area contributed by atoms with E-state index in [-0.39, 0.29) is 24.5 Å². The number of phenolic OH excluding ortho intramolecular Hbond substituents is 1. The first-order valence-electron chi connectivity index (χ1n) is 13.4. The summed E-state index contributed by atoms with van der Waals surface area (Å²) in [6.45, 7) is 7.50. The molecule has 7 nitrogen and oxygen atoms in total. The minimum Gasteiger partial charge on any atom is -0.507 e. The number of nitrogens with zero attached hydrogens (tertiary/aromatic N) is 2. The Bertz CT molecular complexity index is 1580. The van der Waals surface area contributed by atoms with Crippen LogP contribution in [0.15, 0.2) is 73.3 Å². The van der Waals surface area contributed by atoms with Gasteiger partial charge in [0.05, 0.1) is 17.5 Å². The first kappa shape index (κ1) is 27.5. The fourth-order valence-electron chi connectivity index (χ4n) is 7.27. The molecule has 2 heterocycles. The van der Waals surface area contributed by atoms with E-state index in [1.807, 2.05) is 6.08 Å². The second-order valence-corrected chi connectivity index (χ2v) is 12.4. The molecule has 4 amide bonds. The highest BCUT2D eigenvalue weighted by molar-refractivity contribution is 6.53. The second-order valence-electron chi connectivity index (χ2n) is 11.2. The summed E-state index contributed by atoms with van der Waals surface area (Å²) < 4.78 is 0. The number of phenols is 1. The number of halogens is 2. The molecular weight excluding hydrogens is 563 g/mol. The van der Waals surface area contributed by atoms with Gasteiger partial charge in [-0.2, -0.15) is 0 Å². The van der Waals surface area contributed by atoms with Gasteiger partial charge in [0.25, 0.3) is 11.8 Å². The van der Waals surface area contributed by atoms with Crippen LogP contribution in [0, 0.1) is 17.8 Å². The number of amides is 4. The number of carbonyl (C=O) groups excluding carboxylic acids is 4. The van der Waals surface area contributed by atoms with Crippen molar-refractivity contribution in [3.8, 4) is 5.75 Å². The molecule has 0 spiro atoms. The molecule has 0 unspecified atom stereocenters. The smallest absolute Gasteiger partial charge is 0.253 e. The van der Waals surface area contributed by atoms with Gasteiger partial charge < -0.3 is 5.11 Å². The average Bonchev–Trinajstić information content (AvgIpc) is 3.29. The van der Waals surface area contributed by atoms with Gasteiger partial charge in [0.2, 0.25) is 11.8 Å². The number of alkyl halides is 2. The van der Waals surface area contributed by atoms with E-state index >= 15 is 0 Å². The molecule has 2 aliphatic heterocycles. The number of anilines is 1. The molecule has 0 bridgehead atoms. The van der Waals surface area contributed by atoms with E-state index < -0.39 is 51.1 Å². The third kappa shape index (κ3) is 3.52. The molecule has 4 aliphatic rings. The Morgan fingerprint density at radius 1 is 1.00 bits per heavy atom. The lowest BCUT2D eigenvalue weighted by Gasteiger charge is -2.50. The van der Waals surface area contributed by atoms with Crippen molar-refractivity contribution in [3.05, 3.63) is 90.0 Å². The molecule has 9 heteroatoms. The normalized spacial score (nSPS) is 32.4. The van der Waals surface area contributed by atoms with Crippen LogP contribution in [0.1, 0.15) is 35.4 Å². The third-order valence-electron chi connectivity index (χ3n) is 9.23. The van der Waals surface area contributed by atoms with Crippen LogP contribution < -0.4 is 4.90 Å². The summed E-state index contributed by atoms with van der Waals surface area (Å²) in [7, 11) is 1.34. The Kier molecular flexibility index (Phi) is 6.32. The lowest BCUT2D eigenvalue weighted by Crippen LogP contribution is -2.60. The number of fused-ring (bicyclic) bond motifs is 4. The molecule has 3 fully saturated rings. The highest BCUT2D eigenvalue weighted by Gasteiger charge is 2.76. The molecule has 6 rings (SSSR count). The number of hydrogen-bond acceptors (Lipinski definition) is 5. The van der Waals surface area contributed by atoms with Crippen molar-refractivity contribution in [1.82, 2.24) is 4.90 Å². The van der Waals surface area contributed by atoms with Gasteiger partial charge >= 0.3 is 0 Å². The van der Waals surface area contributed by atoms with Crippen LogP contribution in [-0.2, 0) is 25.6 Å². The zero-order valence-electron chi connectivity index (χ0n) is 22.3. The second kappa shape index (κ2) is 9.43. The van der Waals surface area contributed by atoms with Crippen molar-refractivity contribution in [2.75, 3.05) is 11.9 Å². The molecule has 0 aromatic heterocycles. The van der Waals surface area contributed by atoms with E-state index in [2.05, 4.69) is 13.2 Å². The SMILES string of the molecule is C=CCc1cccc([C@H]2C3=CC[C@@H]4C(=O)N(c5ccc(C=C)cc5)C(=O)[C@@H]4[C@@H]3C[C@@]3(Cl)C(=O)N(C)C(=O)[C@@]23Cl)c1O. The first-order valence-corrected chi connectivity index (χ1v) is 14.2. The molecule has 6 atom stereocenters. The molecule has 41 heavy (non-hydrogen) atoms. The van der Waals surface area contributed by atoms with Crippen LogP contribution in [0.25, 0.3) is 6.08 Å². The van der Waals surface area contributed by atoms with Crippen LogP contribution in [0.2, 0.25) is 0 Å². The Morgan fingerprint density at radius 2 is 1.71 bits per heavy atom. The largest absolute Gasteiger partial charge is 0.507 e. The summed E-state index contributed by atoms with van der Waals surface area (Å²) in [6.07, 6.45) is 5.66. The summed E-state index contributed by atoms with van der Waals surface area (Å²) in [5, 5.41) is 11.4. The van der Waals surface area contributed by atoms with Crippen molar-refractivity contribution in [2.24, 2.45) is 17.8 Å². The molecule has 2 saturated heterocycles. The van der Waals surface area contributed by atoms with E-state index in [0.717, 1.165) is 10.5 Å². The molecular formula is C32H28Cl2N2O5. The highest BCUT2D eigenvalue weighted by atomic mass is 35.5. The number of carbonyl (C=O) groups is 4. The van der Waals surface area contributed by atoms with Crippen molar-refractivity contribution >= 4 is 58.6 Å². The number of aromatic hydroxyl groups is 1. The van der Waals surface area contributed by atoms with Gasteiger partial charge in [-0.3, -0.25) is 29.0 Å². The van der Waals surface area contributed by atoms with Gasteiger partial charge in [0.15, 0.2) is 9.75 Å². The van der Waals surface area contributed by atoms with Crippen molar-refractivity contribution < 1.29 is 24.3 Å².